The molecule has 2 aliphatic heterocycles. The first-order valence-corrected chi connectivity index (χ1v) is 11.5. The molecule has 0 bridgehead atoms. The molecule has 0 N–H and O–H groups in total. The Morgan fingerprint density at radius 1 is 1.06 bits per heavy atom. The van der Waals surface area contributed by atoms with Crippen molar-refractivity contribution in [3.63, 3.8) is 0 Å². The van der Waals surface area contributed by atoms with Crippen LogP contribution in [0.15, 0.2) is 41.4 Å². The largest absolute Gasteiger partial charge is 0.492 e. The molecule has 1 aromatic carbocycles. The first kappa shape index (κ1) is 21.6. The van der Waals surface area contributed by atoms with E-state index in [1.54, 1.807) is 0 Å². The molecule has 0 radical (unpaired) electrons. The number of hydrogen-bond donors (Lipinski definition) is 0. The minimum atomic E-state index is -0.252. The number of carbonyl (C=O) groups excluding carboxylic acids is 2. The summed E-state index contributed by atoms with van der Waals surface area (Å²) in [6, 6.07) is 9.79. The Labute approximate surface area is 187 Å². The SMILES string of the molecule is Cc1cc(C)cc(OCCN2C(=O)C(c3cccs3)=C(N3CC(C)OC(C)C3)C2=O)c1. The van der Waals surface area contributed by atoms with Crippen LogP contribution < -0.4 is 4.74 Å². The average molecular weight is 441 g/mol. The van der Waals surface area contributed by atoms with Gasteiger partial charge in [0.25, 0.3) is 11.8 Å². The van der Waals surface area contributed by atoms with Gasteiger partial charge in [-0.05, 0) is 62.4 Å². The van der Waals surface area contributed by atoms with Crippen molar-refractivity contribution in [3.05, 3.63) is 57.4 Å². The zero-order valence-corrected chi connectivity index (χ0v) is 19.2. The van der Waals surface area contributed by atoms with Crippen molar-refractivity contribution in [1.82, 2.24) is 9.80 Å². The van der Waals surface area contributed by atoms with Gasteiger partial charge in [0, 0.05) is 18.0 Å². The fourth-order valence-corrected chi connectivity index (χ4v) is 5.10. The van der Waals surface area contributed by atoms with Crippen LogP contribution >= 0.6 is 11.3 Å². The van der Waals surface area contributed by atoms with Crippen LogP contribution in [0.3, 0.4) is 0 Å². The number of thiophene rings is 1. The summed E-state index contributed by atoms with van der Waals surface area (Å²) in [7, 11) is 0. The summed E-state index contributed by atoms with van der Waals surface area (Å²) in [5.41, 5.74) is 3.21. The highest BCUT2D eigenvalue weighted by Gasteiger charge is 2.43. The van der Waals surface area contributed by atoms with Crippen molar-refractivity contribution in [1.29, 1.82) is 0 Å². The third-order valence-electron chi connectivity index (χ3n) is 5.43. The molecule has 2 aliphatic rings. The molecule has 0 spiro atoms. The molecule has 2 atom stereocenters. The van der Waals surface area contributed by atoms with E-state index in [1.807, 2.05) is 62.2 Å². The number of ether oxygens (including phenoxy) is 2. The van der Waals surface area contributed by atoms with Gasteiger partial charge in [-0.3, -0.25) is 14.5 Å². The number of benzene rings is 1. The standard InChI is InChI=1S/C24H28N2O4S/c1-15-10-16(2)12-19(11-15)29-8-7-26-23(27)21(20-6-5-9-31-20)22(24(26)28)25-13-17(3)30-18(4)14-25/h5-6,9-12,17-18H,7-8,13-14H2,1-4H3. The van der Waals surface area contributed by atoms with Crippen molar-refractivity contribution in [3.8, 4) is 5.75 Å². The topological polar surface area (TPSA) is 59.1 Å². The number of nitrogens with zero attached hydrogens (tertiary/aromatic N) is 2. The van der Waals surface area contributed by atoms with E-state index in [0.717, 1.165) is 21.8 Å². The van der Waals surface area contributed by atoms with E-state index in [0.29, 0.717) is 24.4 Å². The number of morpholine rings is 1. The van der Waals surface area contributed by atoms with Gasteiger partial charge in [0.1, 0.15) is 18.1 Å². The maximum Gasteiger partial charge on any atom is 0.278 e. The van der Waals surface area contributed by atoms with Crippen molar-refractivity contribution in [2.75, 3.05) is 26.2 Å². The summed E-state index contributed by atoms with van der Waals surface area (Å²) >= 11 is 1.47. The molecule has 3 heterocycles. The molecule has 164 valence electrons. The molecule has 2 aromatic rings. The number of carbonyl (C=O) groups is 2. The molecule has 31 heavy (non-hydrogen) atoms. The van der Waals surface area contributed by atoms with E-state index in [4.69, 9.17) is 9.47 Å². The van der Waals surface area contributed by atoms with Gasteiger partial charge < -0.3 is 14.4 Å². The third kappa shape index (κ3) is 4.52. The summed E-state index contributed by atoms with van der Waals surface area (Å²) < 4.78 is 11.7. The molecule has 6 nitrogen and oxygen atoms in total. The van der Waals surface area contributed by atoms with Gasteiger partial charge in [-0.25, -0.2) is 0 Å². The van der Waals surface area contributed by atoms with Crippen LogP contribution in [-0.4, -0.2) is 60.1 Å². The number of imide groups is 1. The number of rotatable bonds is 6. The molecule has 0 saturated carbocycles. The Hall–Kier alpha value is -2.64. The highest BCUT2D eigenvalue weighted by Crippen LogP contribution is 2.35. The van der Waals surface area contributed by atoms with E-state index in [1.165, 1.54) is 16.2 Å². The molecule has 2 amide bonds. The highest BCUT2D eigenvalue weighted by molar-refractivity contribution is 7.11. The van der Waals surface area contributed by atoms with Crippen molar-refractivity contribution < 1.29 is 19.1 Å². The second kappa shape index (κ2) is 8.85. The Balaban J connectivity index is 1.55. The Morgan fingerprint density at radius 3 is 2.35 bits per heavy atom. The van der Waals surface area contributed by atoms with Gasteiger partial charge >= 0.3 is 0 Å². The predicted octanol–water partition coefficient (Wildman–Crippen LogP) is 3.63. The lowest BCUT2D eigenvalue weighted by atomic mass is 10.1. The lowest BCUT2D eigenvalue weighted by molar-refractivity contribution is -0.138. The van der Waals surface area contributed by atoms with Crippen LogP contribution in [0.4, 0.5) is 0 Å². The highest BCUT2D eigenvalue weighted by atomic mass is 32.1. The monoisotopic (exact) mass is 440 g/mol. The molecule has 1 aromatic heterocycles. The Morgan fingerprint density at radius 2 is 1.74 bits per heavy atom. The molecular weight excluding hydrogens is 412 g/mol. The third-order valence-corrected chi connectivity index (χ3v) is 6.31. The van der Waals surface area contributed by atoms with E-state index in [9.17, 15) is 9.59 Å². The fraction of sp³-hybridized carbons (Fsp3) is 0.417. The molecule has 4 rings (SSSR count). The van der Waals surface area contributed by atoms with Crippen molar-refractivity contribution in [2.45, 2.75) is 39.9 Å². The summed E-state index contributed by atoms with van der Waals surface area (Å²) in [5.74, 6) is 0.246. The first-order chi connectivity index (χ1) is 14.8. The average Bonchev–Trinajstić information content (AvgIpc) is 3.28. The molecule has 0 aliphatic carbocycles. The van der Waals surface area contributed by atoms with E-state index in [2.05, 4.69) is 6.07 Å². The van der Waals surface area contributed by atoms with Crippen LogP contribution in [0.2, 0.25) is 0 Å². The van der Waals surface area contributed by atoms with Gasteiger partial charge in [-0.2, -0.15) is 0 Å². The molecule has 1 fully saturated rings. The second-order valence-electron chi connectivity index (χ2n) is 8.30. The van der Waals surface area contributed by atoms with Crippen LogP contribution in [-0.2, 0) is 14.3 Å². The zero-order chi connectivity index (χ0) is 22.1. The van der Waals surface area contributed by atoms with Gasteiger partial charge in [-0.15, -0.1) is 11.3 Å². The first-order valence-electron chi connectivity index (χ1n) is 10.6. The maximum absolute atomic E-state index is 13.4. The lowest BCUT2D eigenvalue weighted by Gasteiger charge is -2.37. The van der Waals surface area contributed by atoms with Crippen molar-refractivity contribution in [2.24, 2.45) is 0 Å². The smallest absolute Gasteiger partial charge is 0.278 e. The molecule has 7 heteroatoms. The lowest BCUT2D eigenvalue weighted by Crippen LogP contribution is -2.47. The second-order valence-corrected chi connectivity index (χ2v) is 9.24. The van der Waals surface area contributed by atoms with Gasteiger partial charge in [0.15, 0.2) is 0 Å². The molecular formula is C24H28N2O4S. The summed E-state index contributed by atoms with van der Waals surface area (Å²) in [6.07, 6.45) is -0.0173. The summed E-state index contributed by atoms with van der Waals surface area (Å²) in [6.45, 7) is 9.64. The molecule has 1 saturated heterocycles. The van der Waals surface area contributed by atoms with Gasteiger partial charge in [0.2, 0.25) is 0 Å². The fourth-order valence-electron chi connectivity index (χ4n) is 4.33. The van der Waals surface area contributed by atoms with Crippen LogP contribution in [0, 0.1) is 13.8 Å². The minimum absolute atomic E-state index is 0.00863. The quantitative estimate of drug-likeness (QED) is 0.642. The van der Waals surface area contributed by atoms with Crippen LogP contribution in [0.25, 0.3) is 5.57 Å². The zero-order valence-electron chi connectivity index (χ0n) is 18.4. The summed E-state index contributed by atoms with van der Waals surface area (Å²) in [5, 5.41) is 1.92. The number of aryl methyl sites for hydroxylation is 2. The van der Waals surface area contributed by atoms with Gasteiger partial charge in [0.05, 0.1) is 24.3 Å². The number of hydrogen-bond acceptors (Lipinski definition) is 6. The molecule has 2 unspecified atom stereocenters. The van der Waals surface area contributed by atoms with E-state index in [-0.39, 0.29) is 37.2 Å². The van der Waals surface area contributed by atoms with Crippen LogP contribution in [0.5, 0.6) is 5.75 Å². The van der Waals surface area contributed by atoms with Gasteiger partial charge in [-0.1, -0.05) is 12.1 Å². The van der Waals surface area contributed by atoms with Crippen molar-refractivity contribution >= 4 is 28.7 Å². The number of amides is 2. The predicted molar refractivity (Wildman–Crippen MR) is 121 cm³/mol. The van der Waals surface area contributed by atoms with Crippen LogP contribution in [0.1, 0.15) is 29.9 Å². The Kier molecular flexibility index (Phi) is 6.16. The Bertz CT molecular complexity index is 984. The van der Waals surface area contributed by atoms with E-state index >= 15 is 0 Å². The normalized spacial score (nSPS) is 21.9. The summed E-state index contributed by atoms with van der Waals surface area (Å²) in [4.78, 5) is 30.9. The van der Waals surface area contributed by atoms with E-state index < -0.39 is 0 Å². The maximum atomic E-state index is 13.4. The minimum Gasteiger partial charge on any atom is -0.492 e.